The summed E-state index contributed by atoms with van der Waals surface area (Å²) in [7, 11) is 0. The normalized spacial score (nSPS) is 19.6. The molecule has 0 spiro atoms. The quantitative estimate of drug-likeness (QED) is 0.321. The smallest absolute Gasteiger partial charge is 0.262 e. The lowest BCUT2D eigenvalue weighted by Gasteiger charge is -2.44. The Bertz CT molecular complexity index is 1490. The van der Waals surface area contributed by atoms with Crippen molar-refractivity contribution in [3.8, 4) is 11.5 Å². The molecule has 0 atom stereocenters. The van der Waals surface area contributed by atoms with Crippen molar-refractivity contribution in [2.45, 2.75) is 66.2 Å². The number of para-hydroxylation sites is 1. The molecule has 1 aliphatic heterocycles. The van der Waals surface area contributed by atoms with Gasteiger partial charge in [0.25, 0.3) is 5.91 Å². The molecule has 1 heterocycles. The zero-order chi connectivity index (χ0) is 30.4. The molecule has 0 radical (unpaired) electrons. The molecule has 222 valence electrons. The number of benzene rings is 2. The Morgan fingerprint density at radius 2 is 1.57 bits per heavy atom. The average molecular weight is 656 g/mol. The summed E-state index contributed by atoms with van der Waals surface area (Å²) in [6.45, 7) is 10.3. The van der Waals surface area contributed by atoms with Crippen LogP contribution in [0.3, 0.4) is 0 Å². The van der Waals surface area contributed by atoms with E-state index in [4.69, 9.17) is 21.1 Å². The van der Waals surface area contributed by atoms with Crippen molar-refractivity contribution >= 4 is 50.7 Å². The minimum absolute atomic E-state index is 0.0496. The number of carbonyl (C=O) groups is 3. The first-order valence-electron chi connectivity index (χ1n) is 14.2. The fraction of sp³-hybridized carbons (Fsp3) is 0.424. The van der Waals surface area contributed by atoms with E-state index in [1.54, 1.807) is 24.3 Å². The molecule has 0 saturated carbocycles. The van der Waals surface area contributed by atoms with E-state index in [1.165, 1.54) is 0 Å². The number of ketones is 2. The van der Waals surface area contributed by atoms with Gasteiger partial charge < -0.3 is 20.1 Å². The Balaban J connectivity index is 1.53. The number of amides is 1. The van der Waals surface area contributed by atoms with E-state index in [0.29, 0.717) is 57.3 Å². The number of ether oxygens (including phenoxy) is 2. The molecular formula is C33H36BrClN2O5. The largest absolute Gasteiger partial charge is 0.490 e. The van der Waals surface area contributed by atoms with E-state index >= 15 is 0 Å². The first-order valence-corrected chi connectivity index (χ1v) is 15.4. The average Bonchev–Trinajstić information content (AvgIpc) is 2.87. The van der Waals surface area contributed by atoms with Crippen LogP contribution >= 0.6 is 27.5 Å². The number of rotatable bonds is 7. The Hall–Kier alpha value is -3.10. The Kier molecular flexibility index (Phi) is 8.33. The van der Waals surface area contributed by atoms with Gasteiger partial charge in [0.15, 0.2) is 29.7 Å². The van der Waals surface area contributed by atoms with Gasteiger partial charge in [-0.2, -0.15) is 0 Å². The highest BCUT2D eigenvalue weighted by molar-refractivity contribution is 9.10. The summed E-state index contributed by atoms with van der Waals surface area (Å²) >= 11 is 9.80. The molecule has 1 amide bonds. The van der Waals surface area contributed by atoms with Crippen LogP contribution in [0.4, 0.5) is 5.69 Å². The molecule has 0 saturated heterocycles. The summed E-state index contributed by atoms with van der Waals surface area (Å²) in [5.41, 5.74) is 4.00. The van der Waals surface area contributed by atoms with Gasteiger partial charge in [-0.15, -0.1) is 0 Å². The van der Waals surface area contributed by atoms with Gasteiger partial charge in [-0.3, -0.25) is 14.4 Å². The maximum Gasteiger partial charge on any atom is 0.262 e. The second kappa shape index (κ2) is 11.5. The summed E-state index contributed by atoms with van der Waals surface area (Å²) in [4.78, 5) is 40.1. The molecule has 9 heteroatoms. The van der Waals surface area contributed by atoms with E-state index in [9.17, 15) is 14.4 Å². The number of Topliss-reactive ketones (excluding diaryl/α,β-unsaturated/α-hetero) is 2. The lowest BCUT2D eigenvalue weighted by molar-refractivity contribution is -0.119. The predicted molar refractivity (Wildman–Crippen MR) is 167 cm³/mol. The van der Waals surface area contributed by atoms with Gasteiger partial charge in [-0.05, 0) is 76.4 Å². The molecule has 3 aliphatic rings. The van der Waals surface area contributed by atoms with Crippen LogP contribution in [-0.4, -0.2) is 30.7 Å². The van der Waals surface area contributed by atoms with Crippen LogP contribution in [-0.2, 0) is 14.4 Å². The van der Waals surface area contributed by atoms with Crippen molar-refractivity contribution in [3.63, 3.8) is 0 Å². The van der Waals surface area contributed by atoms with Gasteiger partial charge in [-0.1, -0.05) is 51.4 Å². The van der Waals surface area contributed by atoms with E-state index in [2.05, 4.69) is 54.3 Å². The third kappa shape index (κ3) is 6.16. The number of anilines is 1. The molecular weight excluding hydrogens is 620 g/mol. The van der Waals surface area contributed by atoms with Crippen molar-refractivity contribution in [3.05, 3.63) is 74.0 Å². The topological polar surface area (TPSA) is 93.7 Å². The SMILES string of the molecule is CCOc1cc(C2C3=C(CC(C)(C)CC3=O)NC3=C2C(=O)CC(C)(C)C3)cc(Br)c1OCC(=O)Nc1ccccc1Cl. The molecule has 0 bridgehead atoms. The van der Waals surface area contributed by atoms with Gasteiger partial charge in [-0.25, -0.2) is 0 Å². The van der Waals surface area contributed by atoms with Gasteiger partial charge in [0.2, 0.25) is 0 Å². The number of allylic oxidation sites excluding steroid dienone is 4. The summed E-state index contributed by atoms with van der Waals surface area (Å²) in [6, 6.07) is 10.7. The van der Waals surface area contributed by atoms with E-state index in [0.717, 1.165) is 29.8 Å². The molecule has 2 aromatic rings. The zero-order valence-corrected chi connectivity index (χ0v) is 26.9. The summed E-state index contributed by atoms with van der Waals surface area (Å²) < 4.78 is 12.5. The van der Waals surface area contributed by atoms with Crippen molar-refractivity contribution in [2.24, 2.45) is 10.8 Å². The number of dihydropyridines is 1. The Labute approximate surface area is 260 Å². The molecule has 0 unspecified atom stereocenters. The summed E-state index contributed by atoms with van der Waals surface area (Å²) in [6.07, 6.45) is 2.26. The van der Waals surface area contributed by atoms with Crippen molar-refractivity contribution in [1.82, 2.24) is 5.32 Å². The number of hydrogen-bond donors (Lipinski definition) is 2. The van der Waals surface area contributed by atoms with E-state index in [1.807, 2.05) is 19.1 Å². The number of nitrogens with one attached hydrogen (secondary N) is 2. The lowest BCUT2D eigenvalue weighted by Crippen LogP contribution is -2.42. The highest BCUT2D eigenvalue weighted by atomic mass is 79.9. The van der Waals surface area contributed by atoms with Crippen LogP contribution in [0.15, 0.2) is 63.4 Å². The fourth-order valence-electron chi connectivity index (χ4n) is 6.27. The van der Waals surface area contributed by atoms with Crippen molar-refractivity contribution in [2.75, 3.05) is 18.5 Å². The predicted octanol–water partition coefficient (Wildman–Crippen LogP) is 7.49. The molecule has 5 rings (SSSR count). The highest BCUT2D eigenvalue weighted by Gasteiger charge is 2.46. The Morgan fingerprint density at radius 3 is 2.14 bits per heavy atom. The van der Waals surface area contributed by atoms with E-state index < -0.39 is 5.92 Å². The molecule has 0 aromatic heterocycles. The van der Waals surface area contributed by atoms with Crippen molar-refractivity contribution < 1.29 is 23.9 Å². The number of hydrogen-bond acceptors (Lipinski definition) is 6. The first-order chi connectivity index (χ1) is 19.8. The third-order valence-corrected chi connectivity index (χ3v) is 8.80. The monoisotopic (exact) mass is 654 g/mol. The van der Waals surface area contributed by atoms with Gasteiger partial charge in [0.1, 0.15) is 0 Å². The zero-order valence-electron chi connectivity index (χ0n) is 24.6. The summed E-state index contributed by atoms with van der Waals surface area (Å²) in [5.74, 6) is -0.0177. The second-order valence-corrected chi connectivity index (χ2v) is 14.1. The fourth-order valence-corrected chi connectivity index (χ4v) is 7.02. The van der Waals surface area contributed by atoms with Crippen LogP contribution in [0, 0.1) is 10.8 Å². The third-order valence-electron chi connectivity index (χ3n) is 7.88. The van der Waals surface area contributed by atoms with Gasteiger partial charge >= 0.3 is 0 Å². The highest BCUT2D eigenvalue weighted by Crippen LogP contribution is 2.52. The molecule has 2 aliphatic carbocycles. The van der Waals surface area contributed by atoms with Crippen LogP contribution < -0.4 is 20.1 Å². The first kappa shape index (κ1) is 30.4. The molecule has 0 fully saturated rings. The van der Waals surface area contributed by atoms with E-state index in [-0.39, 0.29) is 34.9 Å². The molecule has 42 heavy (non-hydrogen) atoms. The molecule has 2 aromatic carbocycles. The Morgan fingerprint density at radius 1 is 0.976 bits per heavy atom. The van der Waals surface area contributed by atoms with Crippen LogP contribution in [0.25, 0.3) is 0 Å². The van der Waals surface area contributed by atoms with Crippen molar-refractivity contribution in [1.29, 1.82) is 0 Å². The number of carbonyl (C=O) groups excluding carboxylic acids is 3. The standard InChI is InChI=1S/C33H36BrClN2O5/c1-6-41-26-12-18(11-19(34)31(26)42-17-27(40)37-21-10-8-7-9-20(21)35)28-29-22(13-32(2,3)15-24(29)38)36-23-14-33(4,5)16-25(39)30(23)28/h7-12,28,36H,6,13-17H2,1-5H3,(H,37,40). The molecule has 7 nitrogen and oxygen atoms in total. The molecule has 2 N–H and O–H groups in total. The van der Waals surface area contributed by atoms with Crippen LogP contribution in [0.2, 0.25) is 5.02 Å². The second-order valence-electron chi connectivity index (χ2n) is 12.8. The van der Waals surface area contributed by atoms with Gasteiger partial charge in [0, 0.05) is 41.3 Å². The minimum Gasteiger partial charge on any atom is -0.490 e. The minimum atomic E-state index is -0.517. The lowest BCUT2D eigenvalue weighted by atomic mass is 9.64. The van der Waals surface area contributed by atoms with Crippen LogP contribution in [0.5, 0.6) is 11.5 Å². The van der Waals surface area contributed by atoms with Crippen LogP contribution in [0.1, 0.15) is 71.8 Å². The maximum atomic E-state index is 13.7. The summed E-state index contributed by atoms with van der Waals surface area (Å²) in [5, 5.41) is 6.73. The maximum absolute atomic E-state index is 13.7. The van der Waals surface area contributed by atoms with Gasteiger partial charge in [0.05, 0.1) is 21.8 Å². The number of halogens is 2.